The highest BCUT2D eigenvalue weighted by Gasteiger charge is 2.20. The molecule has 3 rings (SSSR count). The van der Waals surface area contributed by atoms with E-state index in [1.807, 2.05) is 55.5 Å². The predicted molar refractivity (Wildman–Crippen MR) is 115 cm³/mol. The van der Waals surface area contributed by atoms with Crippen molar-refractivity contribution in [3.63, 3.8) is 0 Å². The molecule has 0 aliphatic heterocycles. The number of ether oxygens (including phenoxy) is 1. The predicted octanol–water partition coefficient (Wildman–Crippen LogP) is 3.94. The second-order valence-electron chi connectivity index (χ2n) is 5.89. The molecule has 1 atom stereocenters. The lowest BCUT2D eigenvalue weighted by Gasteiger charge is -2.12. The summed E-state index contributed by atoms with van der Waals surface area (Å²) < 4.78 is 7.73. The van der Waals surface area contributed by atoms with Crippen molar-refractivity contribution in [2.45, 2.75) is 24.3 Å². The van der Waals surface area contributed by atoms with E-state index in [-0.39, 0.29) is 5.91 Å². The van der Waals surface area contributed by atoms with Crippen molar-refractivity contribution >= 4 is 39.3 Å². The summed E-state index contributed by atoms with van der Waals surface area (Å²) in [5.74, 6) is 7.31. The van der Waals surface area contributed by atoms with Crippen LogP contribution in [-0.2, 0) is 4.79 Å². The van der Waals surface area contributed by atoms with E-state index < -0.39 is 5.25 Å². The quantitative estimate of drug-likeness (QED) is 0.408. The van der Waals surface area contributed by atoms with E-state index in [9.17, 15) is 4.79 Å². The van der Waals surface area contributed by atoms with E-state index in [1.165, 1.54) is 16.4 Å². The fraction of sp³-hybridized carbons (Fsp3) is 0.211. The molecule has 0 bridgehead atoms. The van der Waals surface area contributed by atoms with E-state index in [4.69, 9.17) is 10.6 Å². The van der Waals surface area contributed by atoms with Crippen LogP contribution in [0.25, 0.3) is 11.4 Å². The van der Waals surface area contributed by atoms with Crippen molar-refractivity contribution in [1.29, 1.82) is 0 Å². The number of hydrogen-bond donors (Lipinski definition) is 2. The minimum atomic E-state index is -0.404. The van der Waals surface area contributed by atoms with Crippen LogP contribution in [0.1, 0.15) is 13.8 Å². The Labute approximate surface area is 175 Å². The zero-order valence-corrected chi connectivity index (χ0v) is 17.8. The summed E-state index contributed by atoms with van der Waals surface area (Å²) in [6, 6.07) is 14.9. The normalized spacial score (nSPS) is 11.8. The van der Waals surface area contributed by atoms with Crippen molar-refractivity contribution < 1.29 is 9.53 Å². The van der Waals surface area contributed by atoms with Gasteiger partial charge in [0, 0.05) is 15.7 Å². The summed E-state index contributed by atoms with van der Waals surface area (Å²) in [7, 11) is 0. The summed E-state index contributed by atoms with van der Waals surface area (Å²) in [5, 5.41) is 11.2. The van der Waals surface area contributed by atoms with E-state index in [0.29, 0.717) is 17.6 Å². The Bertz CT molecular complexity index is 961. The molecule has 3 N–H and O–H groups in total. The summed E-state index contributed by atoms with van der Waals surface area (Å²) in [5.41, 5.74) is 1.53. The van der Waals surface area contributed by atoms with Crippen molar-refractivity contribution in [2.24, 2.45) is 0 Å². The zero-order chi connectivity index (χ0) is 20.1. The SMILES string of the molecule is CCOc1ccc(-c2nnc(SC(C)C(=O)Nc3cccc(Br)c3)n2N)cc1. The van der Waals surface area contributed by atoms with Gasteiger partial charge in [0.25, 0.3) is 0 Å². The molecule has 0 spiro atoms. The number of carbonyl (C=O) groups is 1. The van der Waals surface area contributed by atoms with E-state index in [1.54, 1.807) is 6.92 Å². The first kappa shape index (κ1) is 20.2. The first-order chi connectivity index (χ1) is 13.5. The molecule has 146 valence electrons. The molecule has 1 aromatic heterocycles. The van der Waals surface area contributed by atoms with Crippen LogP contribution < -0.4 is 15.9 Å². The third kappa shape index (κ3) is 4.85. The van der Waals surface area contributed by atoms with Gasteiger partial charge in [0.15, 0.2) is 5.82 Å². The minimum absolute atomic E-state index is 0.145. The number of hydrogen-bond acceptors (Lipinski definition) is 6. The Hall–Kier alpha value is -2.52. The van der Waals surface area contributed by atoms with Crippen LogP contribution in [0.3, 0.4) is 0 Å². The van der Waals surface area contributed by atoms with Gasteiger partial charge < -0.3 is 15.9 Å². The summed E-state index contributed by atoms with van der Waals surface area (Å²) in [6.07, 6.45) is 0. The lowest BCUT2D eigenvalue weighted by Crippen LogP contribution is -2.23. The molecule has 7 nitrogen and oxygen atoms in total. The van der Waals surface area contributed by atoms with Gasteiger partial charge in [-0.05, 0) is 56.3 Å². The molecule has 0 saturated carbocycles. The molecule has 1 unspecified atom stereocenters. The molecular weight excluding hydrogens is 442 g/mol. The highest BCUT2D eigenvalue weighted by Crippen LogP contribution is 2.27. The number of nitrogen functional groups attached to an aromatic ring is 1. The van der Waals surface area contributed by atoms with Crippen LogP contribution in [-0.4, -0.2) is 32.6 Å². The maximum Gasteiger partial charge on any atom is 0.237 e. The molecule has 0 radical (unpaired) electrons. The Balaban J connectivity index is 1.68. The molecule has 0 aliphatic rings. The number of carbonyl (C=O) groups excluding carboxylic acids is 1. The van der Waals surface area contributed by atoms with Gasteiger partial charge in [0.05, 0.1) is 11.9 Å². The Morgan fingerprint density at radius 2 is 2.04 bits per heavy atom. The van der Waals surface area contributed by atoms with Gasteiger partial charge in [0.2, 0.25) is 11.1 Å². The van der Waals surface area contributed by atoms with E-state index >= 15 is 0 Å². The molecule has 3 aromatic rings. The number of nitrogens with one attached hydrogen (secondary N) is 1. The van der Waals surface area contributed by atoms with Gasteiger partial charge in [-0.25, -0.2) is 4.68 Å². The molecule has 1 heterocycles. The Kier molecular flexibility index (Phi) is 6.58. The third-order valence-electron chi connectivity index (χ3n) is 3.83. The lowest BCUT2D eigenvalue weighted by atomic mass is 10.2. The van der Waals surface area contributed by atoms with Gasteiger partial charge in [-0.2, -0.15) is 0 Å². The average Bonchev–Trinajstić information content (AvgIpc) is 3.03. The number of anilines is 1. The smallest absolute Gasteiger partial charge is 0.237 e. The van der Waals surface area contributed by atoms with Crippen LogP contribution in [0, 0.1) is 0 Å². The standard InChI is InChI=1S/C19H20BrN5O2S/c1-3-27-16-9-7-13(8-10-16)17-23-24-19(25(17)21)28-12(2)18(26)22-15-6-4-5-14(20)11-15/h4-12H,3,21H2,1-2H3,(H,22,26). The number of nitrogens with two attached hydrogens (primary N) is 1. The molecule has 1 amide bonds. The third-order valence-corrected chi connectivity index (χ3v) is 5.38. The number of nitrogens with zero attached hydrogens (tertiary/aromatic N) is 3. The maximum atomic E-state index is 12.5. The largest absolute Gasteiger partial charge is 0.494 e. The number of benzene rings is 2. The molecule has 0 fully saturated rings. The lowest BCUT2D eigenvalue weighted by molar-refractivity contribution is -0.115. The van der Waals surface area contributed by atoms with Crippen LogP contribution in [0.15, 0.2) is 58.2 Å². The van der Waals surface area contributed by atoms with Crippen LogP contribution in [0.5, 0.6) is 5.75 Å². The highest BCUT2D eigenvalue weighted by atomic mass is 79.9. The summed E-state index contributed by atoms with van der Waals surface area (Å²) in [6.45, 7) is 4.33. The topological polar surface area (TPSA) is 95.1 Å². The number of thioether (sulfide) groups is 1. The minimum Gasteiger partial charge on any atom is -0.494 e. The molecule has 2 aromatic carbocycles. The van der Waals surface area contributed by atoms with Crippen LogP contribution in [0.4, 0.5) is 5.69 Å². The van der Waals surface area contributed by atoms with Gasteiger partial charge >= 0.3 is 0 Å². The molecule has 28 heavy (non-hydrogen) atoms. The molecule has 0 saturated heterocycles. The number of aromatic nitrogens is 3. The van der Waals surface area contributed by atoms with Crippen molar-refractivity contribution in [3.8, 4) is 17.1 Å². The zero-order valence-electron chi connectivity index (χ0n) is 15.4. The fourth-order valence-electron chi connectivity index (χ4n) is 2.44. The highest BCUT2D eigenvalue weighted by molar-refractivity contribution is 9.10. The number of rotatable bonds is 7. The second kappa shape index (κ2) is 9.11. The fourth-order valence-corrected chi connectivity index (χ4v) is 3.61. The maximum absolute atomic E-state index is 12.5. The first-order valence-electron chi connectivity index (χ1n) is 8.64. The first-order valence-corrected chi connectivity index (χ1v) is 10.3. The average molecular weight is 462 g/mol. The number of amides is 1. The molecular formula is C19H20BrN5O2S. The monoisotopic (exact) mass is 461 g/mol. The van der Waals surface area contributed by atoms with Crippen LogP contribution >= 0.6 is 27.7 Å². The van der Waals surface area contributed by atoms with Gasteiger partial charge in [0.1, 0.15) is 5.75 Å². The van der Waals surface area contributed by atoms with E-state index in [2.05, 4.69) is 31.4 Å². The molecule has 0 aliphatic carbocycles. The van der Waals surface area contributed by atoms with Gasteiger partial charge in [-0.3, -0.25) is 4.79 Å². The van der Waals surface area contributed by atoms with Crippen LogP contribution in [0.2, 0.25) is 0 Å². The molecule has 9 heteroatoms. The van der Waals surface area contributed by atoms with Crippen molar-refractivity contribution in [2.75, 3.05) is 17.8 Å². The number of halogens is 1. The Morgan fingerprint density at radius 3 is 2.71 bits per heavy atom. The summed E-state index contributed by atoms with van der Waals surface area (Å²) in [4.78, 5) is 12.5. The second-order valence-corrected chi connectivity index (χ2v) is 8.12. The van der Waals surface area contributed by atoms with E-state index in [0.717, 1.165) is 21.5 Å². The summed E-state index contributed by atoms with van der Waals surface area (Å²) >= 11 is 4.63. The van der Waals surface area contributed by atoms with Gasteiger partial charge in [-0.1, -0.05) is 33.8 Å². The van der Waals surface area contributed by atoms with Gasteiger partial charge in [-0.15, -0.1) is 10.2 Å². The Morgan fingerprint density at radius 1 is 1.29 bits per heavy atom. The van der Waals surface area contributed by atoms with Crippen molar-refractivity contribution in [1.82, 2.24) is 14.9 Å². The van der Waals surface area contributed by atoms with Crippen molar-refractivity contribution in [3.05, 3.63) is 53.0 Å².